The summed E-state index contributed by atoms with van der Waals surface area (Å²) in [5.41, 5.74) is 4.11. The van der Waals surface area contributed by atoms with Crippen LogP contribution in [0.1, 0.15) is 5.56 Å². The van der Waals surface area contributed by atoms with E-state index in [1.165, 1.54) is 0 Å². The molecule has 0 aliphatic heterocycles. The third-order valence-electron chi connectivity index (χ3n) is 3.72. The number of nitrogens with one attached hydrogen (secondary N) is 1. The van der Waals surface area contributed by atoms with Gasteiger partial charge in [-0.2, -0.15) is 0 Å². The van der Waals surface area contributed by atoms with E-state index in [2.05, 4.69) is 10.9 Å². The summed E-state index contributed by atoms with van der Waals surface area (Å²) < 4.78 is 5.81. The Hall–Kier alpha value is -3.25. The van der Waals surface area contributed by atoms with Crippen LogP contribution in [0.4, 0.5) is 0 Å². The molecule has 0 fully saturated rings. The molecule has 1 aromatic heterocycles. The van der Waals surface area contributed by atoms with E-state index in [9.17, 15) is 4.79 Å². The van der Waals surface area contributed by atoms with Crippen molar-refractivity contribution in [1.82, 2.24) is 4.98 Å². The highest BCUT2D eigenvalue weighted by Crippen LogP contribution is 2.36. The second-order valence-electron chi connectivity index (χ2n) is 5.48. The standard InChI is InChI=1S/C21H17NO2/c1-3-13-24-21-18(16-7-5-4-6-8-16)14-19(23)22-20(21)17-11-9-15(2)10-12-17/h1,4-12,14H,13H2,2H3,(H,22,23). The summed E-state index contributed by atoms with van der Waals surface area (Å²) >= 11 is 0. The van der Waals surface area contributed by atoms with Crippen molar-refractivity contribution in [2.45, 2.75) is 6.92 Å². The van der Waals surface area contributed by atoms with Gasteiger partial charge in [0.25, 0.3) is 0 Å². The largest absolute Gasteiger partial charge is 0.478 e. The van der Waals surface area contributed by atoms with Crippen molar-refractivity contribution >= 4 is 0 Å². The molecule has 0 radical (unpaired) electrons. The maximum Gasteiger partial charge on any atom is 0.249 e. The van der Waals surface area contributed by atoms with Crippen molar-refractivity contribution in [2.24, 2.45) is 0 Å². The zero-order chi connectivity index (χ0) is 16.9. The Labute approximate surface area is 140 Å². The molecular formula is C21H17NO2. The van der Waals surface area contributed by atoms with Gasteiger partial charge in [-0.3, -0.25) is 4.79 Å². The van der Waals surface area contributed by atoms with Crippen LogP contribution in [-0.2, 0) is 0 Å². The molecule has 3 rings (SSSR count). The molecule has 3 heteroatoms. The molecule has 3 nitrogen and oxygen atoms in total. The number of aryl methyl sites for hydroxylation is 1. The summed E-state index contributed by atoms with van der Waals surface area (Å²) in [5.74, 6) is 3.07. The molecule has 2 aromatic carbocycles. The molecule has 0 aliphatic carbocycles. The molecule has 1 N–H and O–H groups in total. The lowest BCUT2D eigenvalue weighted by Crippen LogP contribution is -2.10. The van der Waals surface area contributed by atoms with Gasteiger partial charge in [0.05, 0.1) is 5.69 Å². The van der Waals surface area contributed by atoms with Gasteiger partial charge in [-0.05, 0) is 12.5 Å². The Kier molecular flexibility index (Phi) is 4.49. The predicted molar refractivity (Wildman–Crippen MR) is 97.0 cm³/mol. The number of pyridine rings is 1. The average Bonchev–Trinajstić information content (AvgIpc) is 2.61. The summed E-state index contributed by atoms with van der Waals surface area (Å²) in [7, 11) is 0. The molecule has 0 aliphatic rings. The number of hydrogen-bond acceptors (Lipinski definition) is 2. The first-order chi connectivity index (χ1) is 11.7. The molecule has 24 heavy (non-hydrogen) atoms. The van der Waals surface area contributed by atoms with Crippen molar-refractivity contribution in [1.29, 1.82) is 0 Å². The summed E-state index contributed by atoms with van der Waals surface area (Å²) in [6.45, 7) is 2.15. The maximum absolute atomic E-state index is 12.2. The molecule has 0 atom stereocenters. The quantitative estimate of drug-likeness (QED) is 0.739. The Bertz CT molecular complexity index is 932. The lowest BCUT2D eigenvalue weighted by atomic mass is 10.0. The lowest BCUT2D eigenvalue weighted by molar-refractivity contribution is 0.372. The predicted octanol–water partition coefficient (Wildman–Crippen LogP) is 4.03. The van der Waals surface area contributed by atoms with Gasteiger partial charge >= 0.3 is 0 Å². The highest BCUT2D eigenvalue weighted by Gasteiger charge is 2.15. The van der Waals surface area contributed by atoms with Gasteiger partial charge in [0.2, 0.25) is 5.56 Å². The van der Waals surface area contributed by atoms with Crippen LogP contribution in [0.3, 0.4) is 0 Å². The van der Waals surface area contributed by atoms with Crippen LogP contribution in [0.25, 0.3) is 22.4 Å². The smallest absolute Gasteiger partial charge is 0.249 e. The minimum absolute atomic E-state index is 0.130. The van der Waals surface area contributed by atoms with Crippen LogP contribution in [0.15, 0.2) is 65.5 Å². The molecule has 1 heterocycles. The van der Waals surface area contributed by atoms with Crippen LogP contribution in [-0.4, -0.2) is 11.6 Å². The first-order valence-electron chi connectivity index (χ1n) is 7.65. The van der Waals surface area contributed by atoms with Crippen molar-refractivity contribution in [3.8, 4) is 40.5 Å². The fourth-order valence-corrected chi connectivity index (χ4v) is 2.57. The number of benzene rings is 2. The SMILES string of the molecule is C#CCOc1c(-c2ccccc2)cc(=O)[nH]c1-c1ccc(C)cc1. The van der Waals surface area contributed by atoms with Crippen LogP contribution in [0.5, 0.6) is 5.75 Å². The molecule has 0 saturated heterocycles. The number of ether oxygens (including phenoxy) is 1. The van der Waals surface area contributed by atoms with Crippen LogP contribution in [0.2, 0.25) is 0 Å². The van der Waals surface area contributed by atoms with Gasteiger partial charge in [-0.25, -0.2) is 0 Å². The van der Waals surface area contributed by atoms with E-state index >= 15 is 0 Å². The zero-order valence-corrected chi connectivity index (χ0v) is 13.4. The second-order valence-corrected chi connectivity index (χ2v) is 5.48. The zero-order valence-electron chi connectivity index (χ0n) is 13.4. The van der Waals surface area contributed by atoms with Gasteiger partial charge in [0.1, 0.15) is 6.61 Å². The molecule has 0 unspecified atom stereocenters. The Morgan fingerprint density at radius 2 is 1.75 bits per heavy atom. The number of terminal acetylenes is 1. The van der Waals surface area contributed by atoms with Gasteiger partial charge in [0.15, 0.2) is 5.75 Å². The van der Waals surface area contributed by atoms with Gasteiger partial charge in [0, 0.05) is 17.2 Å². The van der Waals surface area contributed by atoms with Crippen molar-refractivity contribution in [3.63, 3.8) is 0 Å². The normalized spacial score (nSPS) is 10.2. The van der Waals surface area contributed by atoms with Crippen LogP contribution >= 0.6 is 0 Å². The number of H-pyrrole nitrogens is 1. The molecule has 118 valence electrons. The molecule has 0 saturated carbocycles. The molecule has 0 spiro atoms. The third kappa shape index (κ3) is 3.23. The van der Waals surface area contributed by atoms with E-state index in [0.717, 1.165) is 22.3 Å². The van der Waals surface area contributed by atoms with Crippen molar-refractivity contribution < 1.29 is 4.74 Å². The minimum atomic E-state index is -0.183. The Balaban J connectivity index is 2.24. The number of aromatic nitrogens is 1. The molecule has 0 bridgehead atoms. The van der Waals surface area contributed by atoms with E-state index < -0.39 is 0 Å². The van der Waals surface area contributed by atoms with E-state index in [4.69, 9.17) is 11.2 Å². The number of rotatable bonds is 4. The summed E-state index contributed by atoms with van der Waals surface area (Å²) in [5, 5.41) is 0. The van der Waals surface area contributed by atoms with Crippen LogP contribution < -0.4 is 10.3 Å². The average molecular weight is 315 g/mol. The number of hydrogen-bond donors (Lipinski definition) is 1. The van der Waals surface area contributed by atoms with Gasteiger partial charge in [-0.1, -0.05) is 66.1 Å². The fraction of sp³-hybridized carbons (Fsp3) is 0.0952. The fourth-order valence-electron chi connectivity index (χ4n) is 2.57. The Morgan fingerprint density at radius 1 is 1.04 bits per heavy atom. The highest BCUT2D eigenvalue weighted by atomic mass is 16.5. The summed E-state index contributed by atoms with van der Waals surface area (Å²) in [6, 6.07) is 19.1. The van der Waals surface area contributed by atoms with Crippen LogP contribution in [0, 0.1) is 19.3 Å². The van der Waals surface area contributed by atoms with Gasteiger partial charge in [-0.15, -0.1) is 6.42 Å². The Morgan fingerprint density at radius 3 is 2.42 bits per heavy atom. The summed E-state index contributed by atoms with van der Waals surface area (Å²) in [6.07, 6.45) is 5.36. The first-order valence-corrected chi connectivity index (χ1v) is 7.65. The van der Waals surface area contributed by atoms with E-state index in [1.54, 1.807) is 6.07 Å². The van der Waals surface area contributed by atoms with Gasteiger partial charge < -0.3 is 9.72 Å². The van der Waals surface area contributed by atoms with Crippen molar-refractivity contribution in [2.75, 3.05) is 6.61 Å². The topological polar surface area (TPSA) is 42.1 Å². The second kappa shape index (κ2) is 6.89. The molecular weight excluding hydrogens is 298 g/mol. The van der Waals surface area contributed by atoms with E-state index in [0.29, 0.717) is 11.4 Å². The third-order valence-corrected chi connectivity index (χ3v) is 3.72. The lowest BCUT2D eigenvalue weighted by Gasteiger charge is -2.15. The highest BCUT2D eigenvalue weighted by molar-refractivity contribution is 5.79. The maximum atomic E-state index is 12.2. The van der Waals surface area contributed by atoms with Crippen molar-refractivity contribution in [3.05, 3.63) is 76.6 Å². The molecule has 0 amide bonds. The van der Waals surface area contributed by atoms with E-state index in [1.807, 2.05) is 61.5 Å². The van der Waals surface area contributed by atoms with E-state index in [-0.39, 0.29) is 12.2 Å². The summed E-state index contributed by atoms with van der Waals surface area (Å²) in [4.78, 5) is 15.1. The first kappa shape index (κ1) is 15.6. The monoisotopic (exact) mass is 315 g/mol. The minimum Gasteiger partial charge on any atom is -0.478 e. The number of aromatic amines is 1. The molecule has 3 aromatic rings.